The number of Topliss-reactive ketones (excluding diaryl/α,β-unsaturated/α-hetero) is 1. The minimum absolute atomic E-state index is 0.132. The van der Waals surface area contributed by atoms with Gasteiger partial charge in [-0.15, -0.1) is 12.6 Å². The van der Waals surface area contributed by atoms with Crippen LogP contribution >= 0.6 is 28.6 Å². The first-order valence-corrected chi connectivity index (χ1v) is 4.91. The van der Waals surface area contributed by atoms with Crippen LogP contribution in [0.25, 0.3) is 0 Å². The third-order valence-corrected chi connectivity index (χ3v) is 2.44. The van der Waals surface area contributed by atoms with Gasteiger partial charge in [-0.3, -0.25) is 4.79 Å². The maximum atomic E-state index is 11.3. The number of hydrogen-bond donors (Lipinski definition) is 1. The van der Waals surface area contributed by atoms with Crippen LogP contribution in [0.4, 0.5) is 0 Å². The number of rotatable bonds is 2. The van der Waals surface area contributed by atoms with Crippen LogP contribution in [0.15, 0.2) is 27.6 Å². The molecule has 0 aliphatic carbocycles. The minimum Gasteiger partial charge on any atom is -0.294 e. The molecule has 0 radical (unpaired) electrons. The van der Waals surface area contributed by atoms with E-state index < -0.39 is 0 Å². The highest BCUT2D eigenvalue weighted by atomic mass is 79.9. The Morgan fingerprint density at radius 2 is 2.25 bits per heavy atom. The molecule has 64 valence electrons. The van der Waals surface area contributed by atoms with E-state index in [4.69, 9.17) is 0 Å². The number of thiol groups is 1. The van der Waals surface area contributed by atoms with Gasteiger partial charge < -0.3 is 0 Å². The summed E-state index contributed by atoms with van der Waals surface area (Å²) in [5, 5.41) is 0. The van der Waals surface area contributed by atoms with Gasteiger partial charge in [0, 0.05) is 21.4 Å². The second kappa shape index (κ2) is 4.10. The average molecular weight is 245 g/mol. The van der Waals surface area contributed by atoms with Crippen LogP contribution in [0.5, 0.6) is 0 Å². The van der Waals surface area contributed by atoms with Crippen molar-refractivity contribution in [1.82, 2.24) is 0 Å². The first kappa shape index (κ1) is 9.81. The molecule has 1 aromatic carbocycles. The molecule has 0 saturated carbocycles. The molecule has 0 amide bonds. The molecular weight excluding hydrogens is 236 g/mol. The Labute approximate surface area is 85.7 Å². The Morgan fingerprint density at radius 3 is 2.75 bits per heavy atom. The lowest BCUT2D eigenvalue weighted by Crippen LogP contribution is -1.97. The molecule has 0 saturated heterocycles. The largest absolute Gasteiger partial charge is 0.294 e. The van der Waals surface area contributed by atoms with E-state index in [1.54, 1.807) is 6.07 Å². The summed E-state index contributed by atoms with van der Waals surface area (Å²) in [7, 11) is 0. The number of ketones is 1. The second-order valence-corrected chi connectivity index (χ2v) is 3.84. The number of benzene rings is 1. The summed E-state index contributed by atoms with van der Waals surface area (Å²) in [6, 6.07) is 5.47. The summed E-state index contributed by atoms with van der Waals surface area (Å²) >= 11 is 7.52. The Bertz CT molecular complexity index is 309. The minimum atomic E-state index is 0.132. The standard InChI is InChI=1S/C9H9BrOS/c1-2-8(11)7-4-3-6(10)5-9(7)12/h3-5,12H,2H2,1H3. The maximum absolute atomic E-state index is 11.3. The molecule has 1 aromatic rings. The van der Waals surface area contributed by atoms with Gasteiger partial charge in [0.1, 0.15) is 0 Å². The number of hydrogen-bond acceptors (Lipinski definition) is 2. The fourth-order valence-corrected chi connectivity index (χ4v) is 1.81. The zero-order chi connectivity index (χ0) is 9.14. The van der Waals surface area contributed by atoms with Crippen LogP contribution in [0.3, 0.4) is 0 Å². The first-order chi connectivity index (χ1) is 5.65. The molecule has 0 fully saturated rings. The van der Waals surface area contributed by atoms with Gasteiger partial charge in [-0.1, -0.05) is 22.9 Å². The predicted octanol–water partition coefficient (Wildman–Crippen LogP) is 3.33. The van der Waals surface area contributed by atoms with E-state index >= 15 is 0 Å². The van der Waals surface area contributed by atoms with E-state index in [0.717, 1.165) is 9.37 Å². The molecule has 0 bridgehead atoms. The molecule has 0 aliphatic rings. The maximum Gasteiger partial charge on any atom is 0.163 e. The lowest BCUT2D eigenvalue weighted by atomic mass is 10.1. The summed E-state index contributed by atoms with van der Waals surface area (Å²) in [6.45, 7) is 1.84. The van der Waals surface area contributed by atoms with Crippen molar-refractivity contribution in [2.24, 2.45) is 0 Å². The van der Waals surface area contributed by atoms with Crippen molar-refractivity contribution >= 4 is 34.3 Å². The molecule has 1 nitrogen and oxygen atoms in total. The zero-order valence-corrected chi connectivity index (χ0v) is 9.15. The number of carbonyl (C=O) groups is 1. The van der Waals surface area contributed by atoms with E-state index in [1.807, 2.05) is 19.1 Å². The van der Waals surface area contributed by atoms with Crippen molar-refractivity contribution in [3.05, 3.63) is 28.2 Å². The lowest BCUT2D eigenvalue weighted by Gasteiger charge is -2.01. The van der Waals surface area contributed by atoms with Crippen molar-refractivity contribution in [3.63, 3.8) is 0 Å². The van der Waals surface area contributed by atoms with Crippen molar-refractivity contribution in [1.29, 1.82) is 0 Å². The number of carbonyl (C=O) groups excluding carboxylic acids is 1. The van der Waals surface area contributed by atoms with Gasteiger partial charge in [-0.05, 0) is 18.2 Å². The second-order valence-electron chi connectivity index (χ2n) is 2.44. The quantitative estimate of drug-likeness (QED) is 0.624. The molecule has 0 atom stereocenters. The highest BCUT2D eigenvalue weighted by Crippen LogP contribution is 2.20. The smallest absolute Gasteiger partial charge is 0.163 e. The molecule has 0 heterocycles. The van der Waals surface area contributed by atoms with Crippen molar-refractivity contribution in [2.75, 3.05) is 0 Å². The monoisotopic (exact) mass is 244 g/mol. The Hall–Kier alpha value is -0.280. The van der Waals surface area contributed by atoms with Gasteiger partial charge in [0.2, 0.25) is 0 Å². The Morgan fingerprint density at radius 1 is 1.58 bits per heavy atom. The molecule has 1 rings (SSSR count). The van der Waals surface area contributed by atoms with Crippen LogP contribution in [0.1, 0.15) is 23.7 Å². The zero-order valence-electron chi connectivity index (χ0n) is 6.67. The third kappa shape index (κ3) is 2.11. The molecule has 0 N–H and O–H groups in total. The highest BCUT2D eigenvalue weighted by Gasteiger charge is 2.06. The first-order valence-electron chi connectivity index (χ1n) is 3.67. The summed E-state index contributed by atoms with van der Waals surface area (Å²) in [5.41, 5.74) is 0.698. The van der Waals surface area contributed by atoms with Gasteiger partial charge in [-0.2, -0.15) is 0 Å². The van der Waals surface area contributed by atoms with Crippen LogP contribution < -0.4 is 0 Å². The van der Waals surface area contributed by atoms with Crippen molar-refractivity contribution in [3.8, 4) is 0 Å². The molecule has 12 heavy (non-hydrogen) atoms. The van der Waals surface area contributed by atoms with E-state index in [-0.39, 0.29) is 5.78 Å². The molecule has 0 aromatic heterocycles. The number of halogens is 1. The van der Waals surface area contributed by atoms with E-state index in [1.165, 1.54) is 0 Å². The third-order valence-electron chi connectivity index (χ3n) is 1.58. The van der Waals surface area contributed by atoms with E-state index in [9.17, 15) is 4.79 Å². The van der Waals surface area contributed by atoms with Crippen LogP contribution in [0.2, 0.25) is 0 Å². The SMILES string of the molecule is CCC(=O)c1ccc(Br)cc1S. The van der Waals surface area contributed by atoms with Gasteiger partial charge in [0.05, 0.1) is 0 Å². The normalized spacial score (nSPS) is 9.92. The fourth-order valence-electron chi connectivity index (χ4n) is 0.931. The highest BCUT2D eigenvalue weighted by molar-refractivity contribution is 9.10. The topological polar surface area (TPSA) is 17.1 Å². The van der Waals surface area contributed by atoms with E-state index in [0.29, 0.717) is 12.0 Å². The Kier molecular flexibility index (Phi) is 3.35. The summed E-state index contributed by atoms with van der Waals surface area (Å²) in [4.78, 5) is 12.0. The summed E-state index contributed by atoms with van der Waals surface area (Å²) in [5.74, 6) is 0.132. The van der Waals surface area contributed by atoms with Crippen LogP contribution in [-0.4, -0.2) is 5.78 Å². The van der Waals surface area contributed by atoms with Gasteiger partial charge in [0.25, 0.3) is 0 Å². The van der Waals surface area contributed by atoms with Crippen molar-refractivity contribution in [2.45, 2.75) is 18.2 Å². The van der Waals surface area contributed by atoms with Gasteiger partial charge in [-0.25, -0.2) is 0 Å². The Balaban J connectivity index is 3.09. The molecular formula is C9H9BrOS. The fraction of sp³-hybridized carbons (Fsp3) is 0.222. The molecule has 0 aliphatic heterocycles. The molecule has 3 heteroatoms. The van der Waals surface area contributed by atoms with E-state index in [2.05, 4.69) is 28.6 Å². The summed E-state index contributed by atoms with van der Waals surface area (Å²) < 4.78 is 0.945. The predicted molar refractivity (Wildman–Crippen MR) is 56.0 cm³/mol. The molecule has 0 unspecified atom stereocenters. The van der Waals surface area contributed by atoms with Gasteiger partial charge in [0.15, 0.2) is 5.78 Å². The van der Waals surface area contributed by atoms with Crippen LogP contribution in [0, 0.1) is 0 Å². The lowest BCUT2D eigenvalue weighted by molar-refractivity contribution is 0.0985. The van der Waals surface area contributed by atoms with Crippen LogP contribution in [-0.2, 0) is 0 Å². The summed E-state index contributed by atoms with van der Waals surface area (Å²) in [6.07, 6.45) is 0.523. The van der Waals surface area contributed by atoms with Gasteiger partial charge >= 0.3 is 0 Å². The average Bonchev–Trinajstić information content (AvgIpc) is 2.03. The van der Waals surface area contributed by atoms with Crippen molar-refractivity contribution < 1.29 is 4.79 Å². The molecule has 0 spiro atoms.